The van der Waals surface area contributed by atoms with E-state index in [9.17, 15) is 4.39 Å². The van der Waals surface area contributed by atoms with E-state index in [0.29, 0.717) is 5.75 Å². The number of nitrogens with two attached hydrogens (primary N) is 1. The maximum atomic E-state index is 13.4. The number of halogens is 1. The summed E-state index contributed by atoms with van der Waals surface area (Å²) in [6.07, 6.45) is 2.00. The lowest BCUT2D eigenvalue weighted by molar-refractivity contribution is 0.0811. The largest absolute Gasteiger partial charge is 0.496 e. The summed E-state index contributed by atoms with van der Waals surface area (Å²) >= 11 is 0. The lowest BCUT2D eigenvalue weighted by Crippen LogP contribution is -2.28. The number of benzene rings is 1. The molecule has 1 fully saturated rings. The van der Waals surface area contributed by atoms with Gasteiger partial charge in [-0.15, -0.1) is 0 Å². The van der Waals surface area contributed by atoms with E-state index in [1.165, 1.54) is 12.1 Å². The van der Waals surface area contributed by atoms with Crippen molar-refractivity contribution >= 4 is 0 Å². The first-order valence-electron chi connectivity index (χ1n) is 6.38. The number of hydrogen-bond donors (Lipinski definition) is 1. The van der Waals surface area contributed by atoms with E-state index in [2.05, 4.69) is 6.92 Å². The van der Waals surface area contributed by atoms with E-state index < -0.39 is 0 Å². The molecule has 1 aliphatic heterocycles. The minimum atomic E-state index is -0.284. The summed E-state index contributed by atoms with van der Waals surface area (Å²) in [7, 11) is 1.58. The van der Waals surface area contributed by atoms with Gasteiger partial charge in [-0.25, -0.2) is 4.39 Å². The second-order valence-electron chi connectivity index (χ2n) is 4.68. The van der Waals surface area contributed by atoms with Crippen molar-refractivity contribution in [1.29, 1.82) is 0 Å². The fourth-order valence-corrected chi connectivity index (χ4v) is 2.69. The van der Waals surface area contributed by atoms with Crippen LogP contribution in [-0.2, 0) is 4.74 Å². The highest BCUT2D eigenvalue weighted by Crippen LogP contribution is 2.37. The van der Waals surface area contributed by atoms with Crippen LogP contribution in [0.5, 0.6) is 5.75 Å². The van der Waals surface area contributed by atoms with Gasteiger partial charge >= 0.3 is 0 Å². The first-order valence-corrected chi connectivity index (χ1v) is 6.38. The van der Waals surface area contributed by atoms with Gasteiger partial charge in [0.05, 0.1) is 13.2 Å². The Morgan fingerprint density at radius 1 is 1.56 bits per heavy atom. The number of ether oxygens (including phenoxy) is 2. The van der Waals surface area contributed by atoms with Crippen molar-refractivity contribution in [2.45, 2.75) is 31.9 Å². The van der Waals surface area contributed by atoms with E-state index in [0.717, 1.165) is 25.0 Å². The molecule has 3 unspecified atom stereocenters. The zero-order valence-electron chi connectivity index (χ0n) is 10.9. The summed E-state index contributed by atoms with van der Waals surface area (Å²) in [5.74, 6) is 0.588. The molecule has 1 aromatic rings. The van der Waals surface area contributed by atoms with Crippen LogP contribution >= 0.6 is 0 Å². The zero-order chi connectivity index (χ0) is 13.1. The first kappa shape index (κ1) is 13.3. The Kier molecular flexibility index (Phi) is 4.19. The average Bonchev–Trinajstić information content (AvgIpc) is 2.86. The van der Waals surface area contributed by atoms with Crippen molar-refractivity contribution in [3.8, 4) is 5.75 Å². The molecule has 1 aliphatic rings. The SMILES string of the molecule is CCC1OCCC1C(N)c1cc(F)ccc1OC. The molecule has 18 heavy (non-hydrogen) atoms. The summed E-state index contributed by atoms with van der Waals surface area (Å²) in [5.41, 5.74) is 7.01. The lowest BCUT2D eigenvalue weighted by atomic mass is 9.87. The third kappa shape index (κ3) is 2.49. The lowest BCUT2D eigenvalue weighted by Gasteiger charge is -2.25. The predicted molar refractivity (Wildman–Crippen MR) is 68.0 cm³/mol. The maximum absolute atomic E-state index is 13.4. The minimum Gasteiger partial charge on any atom is -0.496 e. The molecule has 0 aliphatic carbocycles. The van der Waals surface area contributed by atoms with E-state index in [-0.39, 0.29) is 23.9 Å². The van der Waals surface area contributed by atoms with E-state index >= 15 is 0 Å². The Morgan fingerprint density at radius 2 is 2.33 bits per heavy atom. The van der Waals surface area contributed by atoms with E-state index in [4.69, 9.17) is 15.2 Å². The van der Waals surface area contributed by atoms with Gasteiger partial charge in [0.15, 0.2) is 0 Å². The fourth-order valence-electron chi connectivity index (χ4n) is 2.69. The number of rotatable bonds is 4. The highest BCUT2D eigenvalue weighted by atomic mass is 19.1. The zero-order valence-corrected chi connectivity index (χ0v) is 10.9. The number of methoxy groups -OCH3 is 1. The van der Waals surface area contributed by atoms with Crippen LogP contribution in [0.15, 0.2) is 18.2 Å². The van der Waals surface area contributed by atoms with Gasteiger partial charge in [-0.2, -0.15) is 0 Å². The Bertz CT molecular complexity index is 411. The van der Waals surface area contributed by atoms with Crippen LogP contribution in [0.4, 0.5) is 4.39 Å². The maximum Gasteiger partial charge on any atom is 0.123 e. The average molecular weight is 253 g/mol. The van der Waals surface area contributed by atoms with Crippen LogP contribution in [0.3, 0.4) is 0 Å². The Morgan fingerprint density at radius 3 is 3.00 bits per heavy atom. The second-order valence-corrected chi connectivity index (χ2v) is 4.68. The summed E-state index contributed by atoms with van der Waals surface area (Å²) in [5, 5.41) is 0. The highest BCUT2D eigenvalue weighted by molar-refractivity contribution is 5.37. The number of hydrogen-bond acceptors (Lipinski definition) is 3. The third-order valence-electron chi connectivity index (χ3n) is 3.68. The van der Waals surface area contributed by atoms with Crippen molar-refractivity contribution in [3.63, 3.8) is 0 Å². The van der Waals surface area contributed by atoms with Gasteiger partial charge in [-0.05, 0) is 31.0 Å². The normalized spacial score (nSPS) is 25.1. The Hall–Kier alpha value is -1.13. The highest BCUT2D eigenvalue weighted by Gasteiger charge is 2.33. The second kappa shape index (κ2) is 5.67. The fraction of sp³-hybridized carbons (Fsp3) is 0.571. The molecule has 100 valence electrons. The molecule has 0 aromatic heterocycles. The molecule has 3 atom stereocenters. The van der Waals surface area contributed by atoms with Crippen molar-refractivity contribution in [3.05, 3.63) is 29.6 Å². The molecule has 2 N–H and O–H groups in total. The van der Waals surface area contributed by atoms with Gasteiger partial charge in [0.2, 0.25) is 0 Å². The molecule has 4 heteroatoms. The van der Waals surface area contributed by atoms with Crippen LogP contribution in [-0.4, -0.2) is 19.8 Å². The van der Waals surface area contributed by atoms with Crippen molar-refractivity contribution in [2.24, 2.45) is 11.7 Å². The topological polar surface area (TPSA) is 44.5 Å². The summed E-state index contributed by atoms with van der Waals surface area (Å²) in [6.45, 7) is 2.81. The van der Waals surface area contributed by atoms with Gasteiger partial charge in [-0.1, -0.05) is 6.92 Å². The van der Waals surface area contributed by atoms with Crippen LogP contribution < -0.4 is 10.5 Å². The monoisotopic (exact) mass is 253 g/mol. The molecule has 1 heterocycles. The molecule has 0 amide bonds. The minimum absolute atomic E-state index is 0.160. The summed E-state index contributed by atoms with van der Waals surface area (Å²) < 4.78 is 24.3. The van der Waals surface area contributed by atoms with Gasteiger partial charge in [0.25, 0.3) is 0 Å². The third-order valence-corrected chi connectivity index (χ3v) is 3.68. The molecule has 2 rings (SSSR count). The van der Waals surface area contributed by atoms with Gasteiger partial charge in [0, 0.05) is 24.1 Å². The van der Waals surface area contributed by atoms with Gasteiger partial charge in [0.1, 0.15) is 11.6 Å². The standard InChI is InChI=1S/C14H20FNO2/c1-3-12-10(6-7-18-12)14(16)11-8-9(15)4-5-13(11)17-2/h4-5,8,10,12,14H,3,6-7,16H2,1-2H3. The summed E-state index contributed by atoms with van der Waals surface area (Å²) in [4.78, 5) is 0. The molecule has 1 saturated heterocycles. The predicted octanol–water partition coefficient (Wildman–Crippen LogP) is 2.65. The Labute approximate surface area is 107 Å². The molecular formula is C14H20FNO2. The van der Waals surface area contributed by atoms with E-state index in [1.807, 2.05) is 0 Å². The molecule has 3 nitrogen and oxygen atoms in total. The van der Waals surface area contributed by atoms with E-state index in [1.54, 1.807) is 13.2 Å². The van der Waals surface area contributed by atoms with Crippen LogP contribution in [0.25, 0.3) is 0 Å². The molecule has 0 bridgehead atoms. The van der Waals surface area contributed by atoms with Crippen molar-refractivity contribution < 1.29 is 13.9 Å². The Balaban J connectivity index is 2.27. The van der Waals surface area contributed by atoms with Gasteiger partial charge in [-0.3, -0.25) is 0 Å². The summed E-state index contributed by atoms with van der Waals surface area (Å²) in [6, 6.07) is 4.23. The molecule has 0 spiro atoms. The smallest absolute Gasteiger partial charge is 0.123 e. The van der Waals surface area contributed by atoms with Crippen molar-refractivity contribution in [2.75, 3.05) is 13.7 Å². The first-order chi connectivity index (χ1) is 8.67. The van der Waals surface area contributed by atoms with Crippen molar-refractivity contribution in [1.82, 2.24) is 0 Å². The molecule has 0 saturated carbocycles. The molecular weight excluding hydrogens is 233 g/mol. The quantitative estimate of drug-likeness (QED) is 0.897. The van der Waals surface area contributed by atoms with Crippen LogP contribution in [0.2, 0.25) is 0 Å². The van der Waals surface area contributed by atoms with Crippen LogP contribution in [0.1, 0.15) is 31.4 Å². The van der Waals surface area contributed by atoms with Crippen LogP contribution in [0, 0.1) is 11.7 Å². The molecule has 1 aromatic carbocycles. The van der Waals surface area contributed by atoms with Gasteiger partial charge < -0.3 is 15.2 Å². The molecule has 0 radical (unpaired) electrons.